The number of carbonyl (C=O) groups excluding carboxylic acids is 1. The maximum atomic E-state index is 13.0. The summed E-state index contributed by atoms with van der Waals surface area (Å²) in [6.45, 7) is 1.64. The number of benzene rings is 1. The van der Waals surface area contributed by atoms with Crippen LogP contribution in [0.1, 0.15) is 42.5 Å². The highest BCUT2D eigenvalue weighted by atomic mass is 19.1. The lowest BCUT2D eigenvalue weighted by Gasteiger charge is -2.44. The minimum Gasteiger partial charge on any atom is -0.370 e. The molecule has 2 heterocycles. The molecule has 1 spiro atoms. The van der Waals surface area contributed by atoms with Crippen LogP contribution in [0.3, 0.4) is 0 Å². The average molecular weight is 289 g/mol. The first-order valence-electron chi connectivity index (χ1n) is 7.86. The summed E-state index contributed by atoms with van der Waals surface area (Å²) in [6, 6.07) is 5.88. The summed E-state index contributed by atoms with van der Waals surface area (Å²) in [5, 5.41) is 0. The molecule has 1 saturated carbocycles. The summed E-state index contributed by atoms with van der Waals surface area (Å²) in [5.74, 6) is -0.265. The molecule has 3 nitrogen and oxygen atoms in total. The third-order valence-corrected chi connectivity index (χ3v) is 5.32. The fourth-order valence-corrected chi connectivity index (χ4v) is 4.12. The Bertz CT molecular complexity index is 558. The number of nitrogens with zero attached hydrogens (tertiary/aromatic N) is 1. The number of fused-ring (bicyclic) bond motifs is 1. The molecule has 2 aliphatic heterocycles. The van der Waals surface area contributed by atoms with Crippen molar-refractivity contribution in [1.82, 2.24) is 4.90 Å². The van der Waals surface area contributed by atoms with Crippen molar-refractivity contribution in [2.75, 3.05) is 13.1 Å². The highest BCUT2D eigenvalue weighted by molar-refractivity contribution is 5.94. The molecule has 0 radical (unpaired) electrons. The zero-order valence-electron chi connectivity index (χ0n) is 12.1. The average Bonchev–Trinajstić information content (AvgIpc) is 3.25. The number of hydrogen-bond donors (Lipinski definition) is 0. The number of piperidine rings is 1. The third-order valence-electron chi connectivity index (χ3n) is 5.32. The van der Waals surface area contributed by atoms with E-state index in [-0.39, 0.29) is 17.1 Å². The molecular weight excluding hydrogens is 269 g/mol. The number of halogens is 1. The molecule has 4 rings (SSSR count). The van der Waals surface area contributed by atoms with Crippen LogP contribution in [0.25, 0.3) is 0 Å². The van der Waals surface area contributed by atoms with Gasteiger partial charge < -0.3 is 9.64 Å². The SMILES string of the molecule is O=C(c1ccc(F)cc1)N1CCC[C@@]2(CC[C@@H]3O[C@@H]3C2)C1. The summed E-state index contributed by atoms with van der Waals surface area (Å²) in [6.07, 6.45) is 6.62. The van der Waals surface area contributed by atoms with Crippen molar-refractivity contribution in [2.24, 2.45) is 5.41 Å². The van der Waals surface area contributed by atoms with Gasteiger partial charge in [0, 0.05) is 18.7 Å². The Morgan fingerprint density at radius 3 is 2.81 bits per heavy atom. The van der Waals surface area contributed by atoms with Gasteiger partial charge in [0.25, 0.3) is 5.91 Å². The van der Waals surface area contributed by atoms with Crippen molar-refractivity contribution < 1.29 is 13.9 Å². The minimum atomic E-state index is -0.300. The molecule has 2 saturated heterocycles. The molecular formula is C17H20FNO2. The maximum Gasteiger partial charge on any atom is 0.253 e. The Hall–Kier alpha value is -1.42. The molecule has 1 amide bonds. The van der Waals surface area contributed by atoms with Crippen LogP contribution in [0.2, 0.25) is 0 Å². The molecule has 0 unspecified atom stereocenters. The van der Waals surface area contributed by atoms with Crippen molar-refractivity contribution >= 4 is 5.91 Å². The van der Waals surface area contributed by atoms with Crippen molar-refractivity contribution in [2.45, 2.75) is 44.3 Å². The lowest BCUT2D eigenvalue weighted by Crippen LogP contribution is -2.47. The highest BCUT2D eigenvalue weighted by Crippen LogP contribution is 2.50. The molecule has 0 aromatic heterocycles. The normalized spacial score (nSPS) is 34.6. The Labute approximate surface area is 124 Å². The smallest absolute Gasteiger partial charge is 0.253 e. The molecule has 0 bridgehead atoms. The van der Waals surface area contributed by atoms with E-state index in [1.165, 1.54) is 25.0 Å². The summed E-state index contributed by atoms with van der Waals surface area (Å²) in [4.78, 5) is 14.6. The van der Waals surface area contributed by atoms with E-state index in [1.807, 2.05) is 4.90 Å². The Morgan fingerprint density at radius 2 is 2.05 bits per heavy atom. The van der Waals surface area contributed by atoms with E-state index in [9.17, 15) is 9.18 Å². The van der Waals surface area contributed by atoms with Gasteiger partial charge in [0.15, 0.2) is 0 Å². The van der Waals surface area contributed by atoms with Gasteiger partial charge in [-0.3, -0.25) is 4.79 Å². The van der Waals surface area contributed by atoms with Gasteiger partial charge in [-0.25, -0.2) is 4.39 Å². The number of hydrogen-bond acceptors (Lipinski definition) is 2. The zero-order valence-corrected chi connectivity index (χ0v) is 12.1. The summed E-state index contributed by atoms with van der Waals surface area (Å²) < 4.78 is 18.6. The van der Waals surface area contributed by atoms with Crippen LogP contribution in [0.15, 0.2) is 24.3 Å². The lowest BCUT2D eigenvalue weighted by molar-refractivity contribution is 0.0412. The maximum absolute atomic E-state index is 13.0. The second kappa shape index (κ2) is 4.80. The largest absolute Gasteiger partial charge is 0.370 e. The first-order chi connectivity index (χ1) is 10.2. The van der Waals surface area contributed by atoms with Gasteiger partial charge >= 0.3 is 0 Å². The number of likely N-dealkylation sites (tertiary alicyclic amines) is 1. The van der Waals surface area contributed by atoms with Crippen LogP contribution in [0.5, 0.6) is 0 Å². The number of carbonyl (C=O) groups is 1. The quantitative estimate of drug-likeness (QED) is 0.745. The van der Waals surface area contributed by atoms with Crippen LogP contribution in [0, 0.1) is 11.2 Å². The zero-order chi connectivity index (χ0) is 14.4. The van der Waals surface area contributed by atoms with Gasteiger partial charge in [-0.15, -0.1) is 0 Å². The van der Waals surface area contributed by atoms with Crippen LogP contribution < -0.4 is 0 Å². The first kappa shape index (κ1) is 13.3. The molecule has 21 heavy (non-hydrogen) atoms. The van der Waals surface area contributed by atoms with Gasteiger partial charge in [-0.2, -0.15) is 0 Å². The number of epoxide rings is 1. The Kier molecular flexibility index (Phi) is 3.03. The second-order valence-electron chi connectivity index (χ2n) is 6.79. The van der Waals surface area contributed by atoms with Gasteiger partial charge in [0.1, 0.15) is 5.82 Å². The van der Waals surface area contributed by atoms with Crippen molar-refractivity contribution in [3.05, 3.63) is 35.6 Å². The molecule has 3 fully saturated rings. The van der Waals surface area contributed by atoms with Crippen LogP contribution in [0.4, 0.5) is 4.39 Å². The van der Waals surface area contributed by atoms with Crippen LogP contribution in [-0.2, 0) is 4.74 Å². The van der Waals surface area contributed by atoms with Crippen molar-refractivity contribution in [3.8, 4) is 0 Å². The van der Waals surface area contributed by atoms with E-state index in [2.05, 4.69) is 0 Å². The fraction of sp³-hybridized carbons (Fsp3) is 0.588. The van der Waals surface area contributed by atoms with Gasteiger partial charge in [0.05, 0.1) is 12.2 Å². The molecule has 0 N–H and O–H groups in total. The predicted molar refractivity (Wildman–Crippen MR) is 76.5 cm³/mol. The summed E-state index contributed by atoms with van der Waals surface area (Å²) in [5.41, 5.74) is 0.843. The van der Waals surface area contributed by atoms with Crippen LogP contribution >= 0.6 is 0 Å². The van der Waals surface area contributed by atoms with Gasteiger partial charge in [-0.1, -0.05) is 0 Å². The van der Waals surface area contributed by atoms with Crippen molar-refractivity contribution in [1.29, 1.82) is 0 Å². The predicted octanol–water partition coefficient (Wildman–Crippen LogP) is 3.00. The van der Waals surface area contributed by atoms with Gasteiger partial charge in [-0.05, 0) is 61.8 Å². The molecule has 1 aliphatic carbocycles. The van der Waals surface area contributed by atoms with Crippen LogP contribution in [-0.4, -0.2) is 36.1 Å². The molecule has 3 aliphatic rings. The van der Waals surface area contributed by atoms with E-state index in [1.54, 1.807) is 12.1 Å². The standard InChI is InChI=1S/C17H20FNO2/c18-13-4-2-12(3-5-13)16(20)19-9-1-7-17(11-19)8-6-14-15(10-17)21-14/h2-5,14-15H,1,6-11H2/t14-,15+,17-/m0/s1. The lowest BCUT2D eigenvalue weighted by atomic mass is 9.69. The fourth-order valence-electron chi connectivity index (χ4n) is 4.12. The Balaban J connectivity index is 1.49. The number of amides is 1. The highest BCUT2D eigenvalue weighted by Gasteiger charge is 2.51. The topological polar surface area (TPSA) is 32.8 Å². The van der Waals surface area contributed by atoms with E-state index in [0.717, 1.165) is 32.4 Å². The van der Waals surface area contributed by atoms with E-state index in [4.69, 9.17) is 4.74 Å². The summed E-state index contributed by atoms with van der Waals surface area (Å²) in [7, 11) is 0. The van der Waals surface area contributed by atoms with E-state index >= 15 is 0 Å². The second-order valence-corrected chi connectivity index (χ2v) is 6.79. The van der Waals surface area contributed by atoms with E-state index < -0.39 is 0 Å². The monoisotopic (exact) mass is 289 g/mol. The molecule has 1 aromatic rings. The Morgan fingerprint density at radius 1 is 1.24 bits per heavy atom. The molecule has 3 atom stereocenters. The van der Waals surface area contributed by atoms with Gasteiger partial charge in [0.2, 0.25) is 0 Å². The molecule has 112 valence electrons. The molecule has 1 aromatic carbocycles. The van der Waals surface area contributed by atoms with Crippen molar-refractivity contribution in [3.63, 3.8) is 0 Å². The molecule has 4 heteroatoms. The first-order valence-corrected chi connectivity index (χ1v) is 7.86. The summed E-state index contributed by atoms with van der Waals surface area (Å²) >= 11 is 0. The number of rotatable bonds is 1. The number of ether oxygens (including phenoxy) is 1. The van der Waals surface area contributed by atoms with E-state index in [0.29, 0.717) is 17.8 Å². The third kappa shape index (κ3) is 2.46. The minimum absolute atomic E-state index is 0.0351.